The molecule has 0 saturated heterocycles. The molecule has 2 amide bonds. The van der Waals surface area contributed by atoms with Gasteiger partial charge in [-0.3, -0.25) is 9.59 Å². The van der Waals surface area contributed by atoms with Crippen LogP contribution >= 0.6 is 11.8 Å². The average Bonchev–Trinajstić information content (AvgIpc) is 3.21. The van der Waals surface area contributed by atoms with E-state index in [-0.39, 0.29) is 17.2 Å². The third-order valence-electron chi connectivity index (χ3n) is 5.11. The quantitative estimate of drug-likeness (QED) is 0.440. The normalized spacial score (nSPS) is 11.9. The van der Waals surface area contributed by atoms with Crippen LogP contribution in [0.5, 0.6) is 0 Å². The minimum absolute atomic E-state index is 0.0281. The molecule has 3 rings (SSSR count). The molecule has 0 spiro atoms. The molecule has 2 aromatic carbocycles. The maximum atomic E-state index is 13.9. The summed E-state index contributed by atoms with van der Waals surface area (Å²) in [4.78, 5) is 24.8. The largest absolute Gasteiger partial charge is 0.342 e. The van der Waals surface area contributed by atoms with Gasteiger partial charge in [-0.2, -0.15) is 0 Å². The van der Waals surface area contributed by atoms with Crippen molar-refractivity contribution in [2.24, 2.45) is 0 Å². The Hall–Kier alpha value is -3.20. The first-order chi connectivity index (χ1) is 15.8. The van der Waals surface area contributed by atoms with Crippen LogP contribution in [0.4, 0.5) is 10.1 Å². The zero-order valence-corrected chi connectivity index (χ0v) is 19.9. The second-order valence-corrected chi connectivity index (χ2v) is 8.82. The van der Waals surface area contributed by atoms with Gasteiger partial charge in [0.25, 0.3) is 5.91 Å². The van der Waals surface area contributed by atoms with E-state index in [9.17, 15) is 14.0 Å². The molecule has 33 heavy (non-hydrogen) atoms. The molecule has 0 aliphatic rings. The van der Waals surface area contributed by atoms with Crippen molar-refractivity contribution in [1.29, 1.82) is 0 Å². The molecule has 2 N–H and O–H groups in total. The highest BCUT2D eigenvalue weighted by molar-refractivity contribution is 7.99. The van der Waals surface area contributed by atoms with Crippen LogP contribution in [-0.2, 0) is 11.3 Å². The van der Waals surface area contributed by atoms with E-state index in [4.69, 9.17) is 0 Å². The van der Waals surface area contributed by atoms with Crippen LogP contribution in [-0.4, -0.2) is 32.3 Å². The number of anilines is 1. The highest BCUT2D eigenvalue weighted by Crippen LogP contribution is 2.22. The summed E-state index contributed by atoms with van der Waals surface area (Å²) in [5, 5.41) is 14.6. The Bertz CT molecular complexity index is 1110. The molecule has 0 aliphatic carbocycles. The summed E-state index contributed by atoms with van der Waals surface area (Å²) in [6, 6.07) is 13.1. The fourth-order valence-electron chi connectivity index (χ4n) is 3.29. The molecule has 174 valence electrons. The average molecular weight is 470 g/mol. The van der Waals surface area contributed by atoms with Crippen LogP contribution in [0.1, 0.15) is 61.4 Å². The molecule has 1 atom stereocenters. The van der Waals surface area contributed by atoms with Crippen molar-refractivity contribution in [3.05, 3.63) is 71.3 Å². The Labute approximate surface area is 197 Å². The summed E-state index contributed by atoms with van der Waals surface area (Å²) >= 11 is 1.27. The number of carbonyl (C=O) groups is 2. The zero-order valence-electron chi connectivity index (χ0n) is 19.1. The molecule has 0 unspecified atom stereocenters. The van der Waals surface area contributed by atoms with Gasteiger partial charge in [0.15, 0.2) is 11.0 Å². The fraction of sp³-hybridized carbons (Fsp3) is 0.333. The van der Waals surface area contributed by atoms with E-state index in [1.165, 1.54) is 35.5 Å². The molecule has 0 bridgehead atoms. The number of hydrogen-bond acceptors (Lipinski definition) is 5. The number of amides is 2. The van der Waals surface area contributed by atoms with Crippen molar-refractivity contribution in [2.75, 3.05) is 11.1 Å². The van der Waals surface area contributed by atoms with Gasteiger partial charge in [0.1, 0.15) is 5.82 Å². The van der Waals surface area contributed by atoms with Crippen molar-refractivity contribution >= 4 is 29.3 Å². The Morgan fingerprint density at radius 2 is 1.76 bits per heavy atom. The van der Waals surface area contributed by atoms with Crippen molar-refractivity contribution in [3.8, 4) is 0 Å². The highest BCUT2D eigenvalue weighted by atomic mass is 32.2. The third kappa shape index (κ3) is 6.19. The van der Waals surface area contributed by atoms with Gasteiger partial charge < -0.3 is 15.2 Å². The maximum absolute atomic E-state index is 13.9. The lowest BCUT2D eigenvalue weighted by Gasteiger charge is -2.15. The Morgan fingerprint density at radius 1 is 1.06 bits per heavy atom. The number of benzene rings is 2. The maximum Gasteiger partial charge on any atom is 0.254 e. The molecule has 1 heterocycles. The first-order valence-electron chi connectivity index (χ1n) is 10.8. The molecule has 1 aromatic heterocycles. The molecule has 3 aromatic rings. The lowest BCUT2D eigenvalue weighted by molar-refractivity contribution is -0.113. The van der Waals surface area contributed by atoms with Gasteiger partial charge in [0.05, 0.1) is 17.4 Å². The highest BCUT2D eigenvalue weighted by Gasteiger charge is 2.21. The summed E-state index contributed by atoms with van der Waals surface area (Å²) in [5.41, 5.74) is 1.92. The van der Waals surface area contributed by atoms with Gasteiger partial charge in [-0.05, 0) is 49.6 Å². The lowest BCUT2D eigenvalue weighted by Crippen LogP contribution is -2.29. The SMILES string of the molecule is CCn1c(SCC(=O)Nc2ccc(C(C)C)cc2)nnc1[C@@H](C)NC(=O)c1ccccc1F. The van der Waals surface area contributed by atoms with Crippen LogP contribution in [0.25, 0.3) is 0 Å². The van der Waals surface area contributed by atoms with Gasteiger partial charge in [0, 0.05) is 12.2 Å². The summed E-state index contributed by atoms with van der Waals surface area (Å²) < 4.78 is 15.7. The minimum atomic E-state index is -0.583. The molecule has 0 aliphatic heterocycles. The van der Waals surface area contributed by atoms with Gasteiger partial charge in [-0.25, -0.2) is 4.39 Å². The molecule has 7 nitrogen and oxygen atoms in total. The second-order valence-electron chi connectivity index (χ2n) is 7.87. The van der Waals surface area contributed by atoms with Gasteiger partial charge >= 0.3 is 0 Å². The molecule has 0 fully saturated rings. The topological polar surface area (TPSA) is 88.9 Å². The van der Waals surface area contributed by atoms with E-state index in [1.54, 1.807) is 13.0 Å². The Kier molecular flexibility index (Phi) is 8.21. The predicted molar refractivity (Wildman–Crippen MR) is 128 cm³/mol. The summed E-state index contributed by atoms with van der Waals surface area (Å²) in [6.07, 6.45) is 0. The van der Waals surface area contributed by atoms with Crippen molar-refractivity contribution in [2.45, 2.75) is 51.4 Å². The summed E-state index contributed by atoms with van der Waals surface area (Å²) in [6.45, 7) is 8.49. The van der Waals surface area contributed by atoms with E-state index < -0.39 is 17.8 Å². The number of hydrogen-bond donors (Lipinski definition) is 2. The number of carbonyl (C=O) groups excluding carboxylic acids is 2. The Balaban J connectivity index is 1.61. The first-order valence-corrected chi connectivity index (χ1v) is 11.8. The van der Waals surface area contributed by atoms with Crippen LogP contribution < -0.4 is 10.6 Å². The number of halogens is 1. The summed E-state index contributed by atoms with van der Waals surface area (Å²) in [5.74, 6) is -0.123. The van der Waals surface area contributed by atoms with E-state index >= 15 is 0 Å². The predicted octanol–water partition coefficient (Wildman–Crippen LogP) is 4.78. The van der Waals surface area contributed by atoms with Gasteiger partial charge in [0.2, 0.25) is 5.91 Å². The number of aromatic nitrogens is 3. The molecule has 9 heteroatoms. The standard InChI is InChI=1S/C24H28FN5O2S/c1-5-30-22(16(4)26-23(32)19-8-6-7-9-20(19)25)28-29-24(30)33-14-21(31)27-18-12-10-17(11-13-18)15(2)3/h6-13,15-16H,5,14H2,1-4H3,(H,26,32)(H,27,31)/t16-/m1/s1. The van der Waals surface area contributed by atoms with Crippen molar-refractivity contribution in [3.63, 3.8) is 0 Å². The number of thioether (sulfide) groups is 1. The van der Waals surface area contributed by atoms with Gasteiger partial charge in [-0.1, -0.05) is 49.9 Å². The minimum Gasteiger partial charge on any atom is -0.342 e. The van der Waals surface area contributed by atoms with Crippen LogP contribution in [0.3, 0.4) is 0 Å². The van der Waals surface area contributed by atoms with Crippen molar-refractivity contribution < 1.29 is 14.0 Å². The number of nitrogens with one attached hydrogen (secondary N) is 2. The molecule has 0 saturated carbocycles. The molecular formula is C24H28FN5O2S. The van der Waals surface area contributed by atoms with E-state index in [2.05, 4.69) is 34.7 Å². The lowest BCUT2D eigenvalue weighted by atomic mass is 10.0. The van der Waals surface area contributed by atoms with Gasteiger partial charge in [-0.15, -0.1) is 10.2 Å². The van der Waals surface area contributed by atoms with E-state index in [0.29, 0.717) is 23.4 Å². The van der Waals surface area contributed by atoms with Crippen LogP contribution in [0, 0.1) is 5.82 Å². The fourth-order valence-corrected chi connectivity index (χ4v) is 4.10. The summed E-state index contributed by atoms with van der Waals surface area (Å²) in [7, 11) is 0. The third-order valence-corrected chi connectivity index (χ3v) is 6.08. The number of rotatable bonds is 9. The van der Waals surface area contributed by atoms with Crippen LogP contribution in [0.15, 0.2) is 53.7 Å². The molecule has 0 radical (unpaired) electrons. The zero-order chi connectivity index (χ0) is 24.0. The second kappa shape index (κ2) is 11.1. The monoisotopic (exact) mass is 469 g/mol. The van der Waals surface area contributed by atoms with E-state index in [0.717, 1.165) is 5.69 Å². The Morgan fingerprint density at radius 3 is 2.39 bits per heavy atom. The smallest absolute Gasteiger partial charge is 0.254 e. The van der Waals surface area contributed by atoms with Crippen LogP contribution in [0.2, 0.25) is 0 Å². The van der Waals surface area contributed by atoms with E-state index in [1.807, 2.05) is 35.8 Å². The van der Waals surface area contributed by atoms with Crippen molar-refractivity contribution in [1.82, 2.24) is 20.1 Å². The first kappa shape index (κ1) is 24.4. The molecular weight excluding hydrogens is 441 g/mol. The number of nitrogens with zero attached hydrogens (tertiary/aromatic N) is 3.